The van der Waals surface area contributed by atoms with Crippen molar-refractivity contribution in [3.05, 3.63) is 42.2 Å². The van der Waals surface area contributed by atoms with Crippen molar-refractivity contribution in [1.82, 2.24) is 9.97 Å². The maximum Gasteiger partial charge on any atom is 0.134 e. The van der Waals surface area contributed by atoms with E-state index in [-0.39, 0.29) is 0 Å². The molecule has 0 aliphatic carbocycles. The Bertz CT molecular complexity index is 514. The van der Waals surface area contributed by atoms with Crippen molar-refractivity contribution < 1.29 is 0 Å². The summed E-state index contributed by atoms with van der Waals surface area (Å²) in [4.78, 5) is 8.10. The van der Waals surface area contributed by atoms with Gasteiger partial charge in [-0.15, -0.1) is 0 Å². The van der Waals surface area contributed by atoms with E-state index < -0.39 is 0 Å². The third-order valence-electron chi connectivity index (χ3n) is 2.02. The molecule has 2 N–H and O–H groups in total. The van der Waals surface area contributed by atoms with Gasteiger partial charge in [0.05, 0.1) is 16.8 Å². The zero-order valence-electron chi connectivity index (χ0n) is 7.88. The van der Waals surface area contributed by atoms with Gasteiger partial charge < -0.3 is 5.73 Å². The van der Waals surface area contributed by atoms with E-state index in [0.717, 1.165) is 0 Å². The van der Waals surface area contributed by atoms with Crippen LogP contribution in [0.25, 0.3) is 11.3 Å². The Morgan fingerprint density at radius 3 is 2.67 bits per heavy atom. The molecule has 72 valence electrons. The number of rotatable bonds is 1. The summed E-state index contributed by atoms with van der Waals surface area (Å²) in [6, 6.07) is 9.15. The maximum atomic E-state index is 8.94. The molecule has 0 atom stereocenters. The summed E-state index contributed by atoms with van der Waals surface area (Å²) in [6.07, 6.45) is 3.17. The first-order chi connectivity index (χ1) is 7.33. The molecule has 2 rings (SSSR count). The maximum absolute atomic E-state index is 8.94. The first kappa shape index (κ1) is 9.16. The van der Waals surface area contributed by atoms with Gasteiger partial charge in [-0.05, 0) is 18.2 Å². The number of hydrogen-bond donors (Lipinski definition) is 1. The Balaban J connectivity index is 2.68. The van der Waals surface area contributed by atoms with E-state index >= 15 is 0 Å². The lowest BCUT2D eigenvalue weighted by molar-refractivity contribution is 1.27. The summed E-state index contributed by atoms with van der Waals surface area (Å²) in [5, 5.41) is 8.94. The average molecular weight is 196 g/mol. The van der Waals surface area contributed by atoms with Crippen molar-refractivity contribution in [1.29, 1.82) is 5.26 Å². The number of nitriles is 1. The Kier molecular flexibility index (Phi) is 2.30. The largest absolute Gasteiger partial charge is 0.383 e. The lowest BCUT2D eigenvalue weighted by Crippen LogP contribution is -1.97. The smallest absolute Gasteiger partial charge is 0.134 e. The summed E-state index contributed by atoms with van der Waals surface area (Å²) in [7, 11) is 0. The molecule has 0 bridgehead atoms. The molecule has 0 unspecified atom stereocenters. The van der Waals surface area contributed by atoms with Gasteiger partial charge in [-0.3, -0.25) is 4.98 Å². The number of nitrogens with two attached hydrogens (primary N) is 1. The van der Waals surface area contributed by atoms with Crippen LogP contribution in [-0.4, -0.2) is 9.97 Å². The molecule has 0 radical (unpaired) electrons. The first-order valence-corrected chi connectivity index (χ1v) is 4.39. The molecule has 0 aromatic carbocycles. The van der Waals surface area contributed by atoms with Gasteiger partial charge in [0.2, 0.25) is 0 Å². The summed E-state index contributed by atoms with van der Waals surface area (Å²) >= 11 is 0. The third-order valence-corrected chi connectivity index (χ3v) is 2.02. The fraction of sp³-hybridized carbons (Fsp3) is 0. The highest BCUT2D eigenvalue weighted by Crippen LogP contribution is 2.25. The molecule has 0 spiro atoms. The van der Waals surface area contributed by atoms with Crippen molar-refractivity contribution >= 4 is 5.82 Å². The standard InChI is InChI=1S/C11H8N4/c12-7-8-4-6-15-11(13)10(8)9-3-1-2-5-14-9/h1-6H,(H2,13,15). The van der Waals surface area contributed by atoms with Gasteiger partial charge in [0.15, 0.2) is 0 Å². The first-order valence-electron chi connectivity index (χ1n) is 4.39. The molecular weight excluding hydrogens is 188 g/mol. The van der Waals surface area contributed by atoms with E-state index in [0.29, 0.717) is 22.6 Å². The number of anilines is 1. The minimum atomic E-state index is 0.327. The van der Waals surface area contributed by atoms with Crippen LogP contribution in [0.3, 0.4) is 0 Å². The van der Waals surface area contributed by atoms with Crippen LogP contribution in [0.15, 0.2) is 36.7 Å². The van der Waals surface area contributed by atoms with Crippen LogP contribution >= 0.6 is 0 Å². The number of aromatic nitrogens is 2. The Labute approximate surface area is 87.0 Å². The van der Waals surface area contributed by atoms with E-state index in [2.05, 4.69) is 16.0 Å². The van der Waals surface area contributed by atoms with E-state index in [1.165, 1.54) is 6.20 Å². The molecule has 0 fully saturated rings. The van der Waals surface area contributed by atoms with E-state index in [1.807, 2.05) is 12.1 Å². The number of pyridine rings is 2. The molecule has 2 aromatic rings. The third kappa shape index (κ3) is 1.63. The van der Waals surface area contributed by atoms with E-state index in [4.69, 9.17) is 11.0 Å². The molecule has 15 heavy (non-hydrogen) atoms. The number of nitrogens with zero attached hydrogens (tertiary/aromatic N) is 3. The van der Waals surface area contributed by atoms with Crippen LogP contribution in [0.1, 0.15) is 5.56 Å². The summed E-state index contributed by atoms with van der Waals surface area (Å²) in [5.74, 6) is 0.327. The van der Waals surface area contributed by atoms with Crippen LogP contribution in [0.2, 0.25) is 0 Å². The topological polar surface area (TPSA) is 75.6 Å². The lowest BCUT2D eigenvalue weighted by atomic mass is 10.1. The Morgan fingerprint density at radius 1 is 1.13 bits per heavy atom. The van der Waals surface area contributed by atoms with Crippen LogP contribution in [0.5, 0.6) is 0 Å². The van der Waals surface area contributed by atoms with Gasteiger partial charge in [-0.2, -0.15) is 5.26 Å². The second-order valence-electron chi connectivity index (χ2n) is 2.95. The van der Waals surface area contributed by atoms with Crippen molar-refractivity contribution in [2.24, 2.45) is 0 Å². The highest BCUT2D eigenvalue weighted by atomic mass is 14.8. The van der Waals surface area contributed by atoms with Gasteiger partial charge >= 0.3 is 0 Å². The molecule has 0 amide bonds. The van der Waals surface area contributed by atoms with Gasteiger partial charge in [-0.1, -0.05) is 6.07 Å². The number of hydrogen-bond acceptors (Lipinski definition) is 4. The van der Waals surface area contributed by atoms with Gasteiger partial charge in [0.25, 0.3) is 0 Å². The van der Waals surface area contributed by atoms with Crippen molar-refractivity contribution in [2.45, 2.75) is 0 Å². The van der Waals surface area contributed by atoms with Crippen molar-refractivity contribution in [3.63, 3.8) is 0 Å². The summed E-state index contributed by atoms with van der Waals surface area (Å²) < 4.78 is 0. The molecule has 2 heterocycles. The molecule has 0 saturated carbocycles. The predicted molar refractivity (Wildman–Crippen MR) is 56.6 cm³/mol. The van der Waals surface area contributed by atoms with Gasteiger partial charge in [0.1, 0.15) is 11.9 Å². The Morgan fingerprint density at radius 2 is 2.00 bits per heavy atom. The summed E-state index contributed by atoms with van der Waals surface area (Å²) in [5.41, 5.74) is 7.48. The molecule has 0 saturated heterocycles. The highest BCUT2D eigenvalue weighted by molar-refractivity contribution is 5.76. The quantitative estimate of drug-likeness (QED) is 0.751. The molecule has 4 nitrogen and oxygen atoms in total. The monoisotopic (exact) mass is 196 g/mol. The molecule has 2 aromatic heterocycles. The van der Waals surface area contributed by atoms with Gasteiger partial charge in [-0.25, -0.2) is 4.98 Å². The predicted octanol–water partition coefficient (Wildman–Crippen LogP) is 1.60. The SMILES string of the molecule is N#Cc1ccnc(N)c1-c1ccccn1. The fourth-order valence-electron chi connectivity index (χ4n) is 1.35. The highest BCUT2D eigenvalue weighted by Gasteiger charge is 2.09. The van der Waals surface area contributed by atoms with Crippen molar-refractivity contribution in [3.8, 4) is 17.3 Å². The Hall–Kier alpha value is -2.41. The molecule has 0 aliphatic rings. The normalized spacial score (nSPS) is 9.53. The second kappa shape index (κ2) is 3.76. The van der Waals surface area contributed by atoms with Crippen LogP contribution in [0, 0.1) is 11.3 Å². The lowest BCUT2D eigenvalue weighted by Gasteiger charge is -2.04. The van der Waals surface area contributed by atoms with Crippen LogP contribution < -0.4 is 5.73 Å². The molecular formula is C11H8N4. The molecule has 0 aliphatic heterocycles. The zero-order valence-corrected chi connectivity index (χ0v) is 7.88. The zero-order chi connectivity index (χ0) is 10.7. The number of nitrogen functional groups attached to an aromatic ring is 1. The molecule has 4 heteroatoms. The average Bonchev–Trinajstić information content (AvgIpc) is 2.29. The fourth-order valence-corrected chi connectivity index (χ4v) is 1.35. The summed E-state index contributed by atoms with van der Waals surface area (Å²) in [6.45, 7) is 0. The van der Waals surface area contributed by atoms with Gasteiger partial charge in [0, 0.05) is 12.4 Å². The van der Waals surface area contributed by atoms with E-state index in [1.54, 1.807) is 18.3 Å². The second-order valence-corrected chi connectivity index (χ2v) is 2.95. The van der Waals surface area contributed by atoms with Crippen LogP contribution in [0.4, 0.5) is 5.82 Å². The minimum Gasteiger partial charge on any atom is -0.383 e. The van der Waals surface area contributed by atoms with E-state index in [9.17, 15) is 0 Å². The van der Waals surface area contributed by atoms with Crippen molar-refractivity contribution in [2.75, 3.05) is 5.73 Å². The van der Waals surface area contributed by atoms with Crippen LogP contribution in [-0.2, 0) is 0 Å². The minimum absolute atomic E-state index is 0.327.